The number of benzene rings is 2. The largest absolute Gasteiger partial charge is 0.507 e. The second-order valence-corrected chi connectivity index (χ2v) is 8.87. The molecule has 3 aromatic rings. The van der Waals surface area contributed by atoms with Crippen molar-refractivity contribution in [3.8, 4) is 5.75 Å². The number of esters is 1. The first-order valence-electron chi connectivity index (χ1n) is 11.8. The van der Waals surface area contributed by atoms with Gasteiger partial charge in [-0.1, -0.05) is 24.3 Å². The highest BCUT2D eigenvalue weighted by atomic mass is 16.5. The lowest BCUT2D eigenvalue weighted by atomic mass is 9.89. The summed E-state index contributed by atoms with van der Waals surface area (Å²) < 4.78 is 4.79. The van der Waals surface area contributed by atoms with Gasteiger partial charge in [0, 0.05) is 16.6 Å². The van der Waals surface area contributed by atoms with Gasteiger partial charge in [0.25, 0.3) is 0 Å². The van der Waals surface area contributed by atoms with Gasteiger partial charge in [-0.25, -0.2) is 9.59 Å². The number of carbonyl (C=O) groups is 3. The second kappa shape index (κ2) is 10.8. The number of phenols is 1. The number of carboxylic acid groups (broad SMARTS) is 1. The maximum Gasteiger partial charge on any atom is 0.341 e. The van der Waals surface area contributed by atoms with E-state index in [1.807, 2.05) is 24.3 Å². The highest BCUT2D eigenvalue weighted by molar-refractivity contribution is 5.93. The van der Waals surface area contributed by atoms with E-state index in [-0.39, 0.29) is 17.7 Å². The zero-order valence-electron chi connectivity index (χ0n) is 19.9. The number of carbonyl (C=O) groups excluding carboxylic acids is 2. The van der Waals surface area contributed by atoms with E-state index in [9.17, 15) is 24.6 Å². The first-order valence-corrected chi connectivity index (χ1v) is 11.8. The Morgan fingerprint density at radius 2 is 1.97 bits per heavy atom. The summed E-state index contributed by atoms with van der Waals surface area (Å²) in [6.45, 7) is 0.454. The Labute approximate surface area is 207 Å². The molecule has 10 heteroatoms. The number of fused-ring (bicyclic) bond motifs is 3. The standard InChI is InChI=1S/C26H30N4O6/c1-36-26(35)17-12-14(9-10-21(17)31)22-23-16(15-6-2-3-7-18(15)28-23)13-20(29-22)24(32)30-19(25(33)34)8-4-5-11-27/h2-3,6-7,9-10,12,19-20,22,28-29,31H,4-5,8,11,13,27H2,1H3,(H,30,32)(H,33,34)/t19-,20-,22+/m0/s1. The van der Waals surface area contributed by atoms with Gasteiger partial charge in [0.1, 0.15) is 17.4 Å². The lowest BCUT2D eigenvalue weighted by Gasteiger charge is -2.32. The minimum Gasteiger partial charge on any atom is -0.507 e. The molecule has 0 aliphatic carbocycles. The van der Waals surface area contributed by atoms with Crippen molar-refractivity contribution in [3.63, 3.8) is 0 Å². The van der Waals surface area contributed by atoms with Crippen LogP contribution < -0.4 is 16.4 Å². The molecule has 7 N–H and O–H groups in total. The minimum atomic E-state index is -1.10. The average Bonchev–Trinajstić information content (AvgIpc) is 3.26. The molecule has 2 heterocycles. The Hall–Kier alpha value is -3.89. The zero-order valence-corrected chi connectivity index (χ0v) is 19.9. The molecule has 0 bridgehead atoms. The van der Waals surface area contributed by atoms with Crippen LogP contribution in [0.3, 0.4) is 0 Å². The fourth-order valence-electron chi connectivity index (χ4n) is 4.70. The highest BCUT2D eigenvalue weighted by Gasteiger charge is 2.35. The summed E-state index contributed by atoms with van der Waals surface area (Å²) in [6.07, 6.45) is 1.89. The van der Waals surface area contributed by atoms with Crippen molar-refractivity contribution in [2.45, 2.75) is 43.8 Å². The summed E-state index contributed by atoms with van der Waals surface area (Å²) in [4.78, 5) is 40.6. The highest BCUT2D eigenvalue weighted by Crippen LogP contribution is 2.36. The minimum absolute atomic E-state index is 0.00637. The van der Waals surface area contributed by atoms with Gasteiger partial charge in [0.2, 0.25) is 5.91 Å². The maximum absolute atomic E-state index is 13.3. The number of ether oxygens (including phenoxy) is 1. The van der Waals surface area contributed by atoms with Gasteiger partial charge < -0.3 is 31.0 Å². The van der Waals surface area contributed by atoms with Gasteiger partial charge in [-0.15, -0.1) is 0 Å². The van der Waals surface area contributed by atoms with Gasteiger partial charge in [-0.3, -0.25) is 10.1 Å². The summed E-state index contributed by atoms with van der Waals surface area (Å²) >= 11 is 0. The summed E-state index contributed by atoms with van der Waals surface area (Å²) in [5.74, 6) is -2.42. The first kappa shape index (κ1) is 25.2. The average molecular weight is 495 g/mol. The number of H-pyrrole nitrogens is 1. The third kappa shape index (κ3) is 5.05. The Kier molecular flexibility index (Phi) is 7.56. The Bertz CT molecular complexity index is 1290. The molecular weight excluding hydrogens is 464 g/mol. The number of aromatic hydroxyl groups is 1. The van der Waals surface area contributed by atoms with Crippen molar-refractivity contribution in [1.82, 2.24) is 15.6 Å². The van der Waals surface area contributed by atoms with Gasteiger partial charge in [-0.2, -0.15) is 0 Å². The maximum atomic E-state index is 13.3. The Balaban J connectivity index is 1.70. The number of para-hydroxylation sites is 1. The van der Waals surface area contributed by atoms with E-state index in [1.54, 1.807) is 6.07 Å². The van der Waals surface area contributed by atoms with Crippen LogP contribution in [0.25, 0.3) is 10.9 Å². The van der Waals surface area contributed by atoms with Crippen LogP contribution in [0.15, 0.2) is 42.5 Å². The SMILES string of the molecule is COC(=O)c1cc([C@H]2N[C@H](C(=O)N[C@@H](CCCCN)C(=O)O)Cc3c2[nH]c2ccccc32)ccc1O. The van der Waals surface area contributed by atoms with Crippen molar-refractivity contribution in [1.29, 1.82) is 0 Å². The van der Waals surface area contributed by atoms with Crippen LogP contribution in [0.5, 0.6) is 5.75 Å². The molecule has 0 spiro atoms. The monoisotopic (exact) mass is 494 g/mol. The predicted molar refractivity (Wildman–Crippen MR) is 133 cm³/mol. The molecule has 0 radical (unpaired) electrons. The van der Waals surface area contributed by atoms with Gasteiger partial charge in [0.15, 0.2) is 0 Å². The third-order valence-electron chi connectivity index (χ3n) is 6.55. The summed E-state index contributed by atoms with van der Waals surface area (Å²) in [5, 5.41) is 26.7. The van der Waals surface area contributed by atoms with Crippen LogP contribution in [0.1, 0.15) is 52.5 Å². The Morgan fingerprint density at radius 3 is 2.69 bits per heavy atom. The number of unbranched alkanes of at least 4 members (excludes halogenated alkanes) is 1. The van der Waals surface area contributed by atoms with Crippen LogP contribution in [-0.2, 0) is 20.7 Å². The van der Waals surface area contributed by atoms with Crippen molar-refractivity contribution in [3.05, 3.63) is 64.8 Å². The number of aromatic nitrogens is 1. The van der Waals surface area contributed by atoms with Crippen LogP contribution in [-0.4, -0.2) is 58.8 Å². The first-order chi connectivity index (χ1) is 17.3. The van der Waals surface area contributed by atoms with Crippen LogP contribution >= 0.6 is 0 Å². The van der Waals surface area contributed by atoms with Crippen molar-refractivity contribution in [2.75, 3.05) is 13.7 Å². The molecule has 36 heavy (non-hydrogen) atoms. The fraction of sp³-hybridized carbons (Fsp3) is 0.346. The van der Waals surface area contributed by atoms with E-state index in [4.69, 9.17) is 10.5 Å². The van der Waals surface area contributed by atoms with Crippen molar-refractivity contribution < 1.29 is 29.3 Å². The molecule has 2 aromatic carbocycles. The smallest absolute Gasteiger partial charge is 0.341 e. The van der Waals surface area contributed by atoms with Gasteiger partial charge in [-0.05, 0) is 61.6 Å². The number of carboxylic acids is 1. The number of nitrogens with two attached hydrogens (primary N) is 1. The molecule has 3 atom stereocenters. The van der Waals surface area contributed by atoms with Gasteiger partial charge in [0.05, 0.1) is 19.2 Å². The molecule has 4 rings (SSSR count). The van der Waals surface area contributed by atoms with Crippen molar-refractivity contribution >= 4 is 28.7 Å². The fourth-order valence-corrected chi connectivity index (χ4v) is 4.70. The second-order valence-electron chi connectivity index (χ2n) is 8.87. The predicted octanol–water partition coefficient (Wildman–Crippen LogP) is 1.96. The van der Waals surface area contributed by atoms with E-state index in [2.05, 4.69) is 15.6 Å². The van der Waals surface area contributed by atoms with Crippen LogP contribution in [0.2, 0.25) is 0 Å². The van der Waals surface area contributed by atoms with E-state index in [0.29, 0.717) is 31.4 Å². The van der Waals surface area contributed by atoms with Crippen molar-refractivity contribution in [2.24, 2.45) is 5.73 Å². The number of hydrogen-bond acceptors (Lipinski definition) is 7. The molecule has 1 aromatic heterocycles. The number of nitrogens with one attached hydrogen (secondary N) is 3. The van der Waals surface area contributed by atoms with Crippen LogP contribution in [0.4, 0.5) is 0 Å². The van der Waals surface area contributed by atoms with E-state index in [0.717, 1.165) is 22.2 Å². The van der Waals surface area contributed by atoms with Crippen LogP contribution in [0, 0.1) is 0 Å². The molecule has 1 amide bonds. The summed E-state index contributed by atoms with van der Waals surface area (Å²) in [5.41, 5.74) is 8.81. The number of aromatic amines is 1. The number of rotatable bonds is 9. The molecule has 0 saturated carbocycles. The number of methoxy groups -OCH3 is 1. The lowest BCUT2D eigenvalue weighted by Crippen LogP contribution is -2.53. The molecule has 0 unspecified atom stereocenters. The number of aliphatic carboxylic acids is 1. The van der Waals surface area contributed by atoms with E-state index >= 15 is 0 Å². The molecule has 1 aliphatic heterocycles. The molecular formula is C26H30N4O6. The van der Waals surface area contributed by atoms with Gasteiger partial charge >= 0.3 is 11.9 Å². The molecule has 10 nitrogen and oxygen atoms in total. The number of phenolic OH excluding ortho intramolecular Hbond substituents is 1. The topological polar surface area (TPSA) is 167 Å². The summed E-state index contributed by atoms with van der Waals surface area (Å²) in [6, 6.07) is 10.1. The molecule has 0 saturated heterocycles. The number of hydrogen-bond donors (Lipinski definition) is 6. The van der Waals surface area contributed by atoms with E-state index < -0.39 is 36.0 Å². The number of amides is 1. The normalized spacial score (nSPS) is 17.8. The molecule has 1 aliphatic rings. The quantitative estimate of drug-likeness (QED) is 0.194. The molecule has 0 fully saturated rings. The lowest BCUT2D eigenvalue weighted by molar-refractivity contribution is -0.142. The van der Waals surface area contributed by atoms with E-state index in [1.165, 1.54) is 19.2 Å². The molecule has 190 valence electrons. The summed E-state index contributed by atoms with van der Waals surface area (Å²) in [7, 11) is 1.23. The Morgan fingerprint density at radius 1 is 1.19 bits per heavy atom. The zero-order chi connectivity index (χ0) is 25.8. The third-order valence-corrected chi connectivity index (χ3v) is 6.55.